The predicted octanol–water partition coefficient (Wildman–Crippen LogP) is 2.64. The molecule has 4 saturated carbocycles. The Morgan fingerprint density at radius 3 is 1.83 bits per heavy atom. The van der Waals surface area contributed by atoms with Gasteiger partial charge in [0.1, 0.15) is 36.6 Å². The van der Waals surface area contributed by atoms with Crippen molar-refractivity contribution in [3.8, 4) is 0 Å². The minimum absolute atomic E-state index is 0.0304. The molecule has 332 valence electrons. The third-order valence-corrected chi connectivity index (χ3v) is 18.3. The first kappa shape index (κ1) is 44.5. The Balaban J connectivity index is 1.20. The van der Waals surface area contributed by atoms with Crippen LogP contribution >= 0.6 is 0 Å². The van der Waals surface area contributed by atoms with Crippen molar-refractivity contribution < 1.29 is 79.0 Å². The molecule has 0 aromatic heterocycles. The maximum Gasteiger partial charge on any atom is 0.335 e. The largest absolute Gasteiger partial charge is 0.481 e. The first-order valence-electron chi connectivity index (χ1n) is 21.1. The number of carbonyl (C=O) groups excluding carboxylic acids is 1. The molecule has 19 atom stereocenters. The molecule has 2 heterocycles. The van der Waals surface area contributed by atoms with Gasteiger partial charge in [0, 0.05) is 5.92 Å². The molecule has 2 saturated heterocycles. The van der Waals surface area contributed by atoms with Crippen LogP contribution in [0, 0.1) is 49.7 Å². The summed E-state index contributed by atoms with van der Waals surface area (Å²) in [4.78, 5) is 51.6. The first-order chi connectivity index (χ1) is 27.1. The van der Waals surface area contributed by atoms with Crippen molar-refractivity contribution in [2.75, 3.05) is 0 Å². The monoisotopic (exact) mass is 836 g/mol. The predicted molar refractivity (Wildman–Crippen MR) is 204 cm³/mol. The molecule has 6 fully saturated rings. The van der Waals surface area contributed by atoms with Crippen molar-refractivity contribution in [1.29, 1.82) is 0 Å². The number of rotatable bonds is 7. The number of hydrogen-bond acceptors (Lipinski definition) is 13. The zero-order valence-electron chi connectivity index (χ0n) is 35.3. The van der Waals surface area contributed by atoms with Crippen molar-refractivity contribution in [2.45, 2.75) is 181 Å². The van der Waals surface area contributed by atoms with Gasteiger partial charge in [-0.3, -0.25) is 9.59 Å². The molecule has 0 aromatic carbocycles. The molecule has 2 aliphatic heterocycles. The number of aliphatic hydroxyl groups excluding tert-OH is 5. The molecule has 5 aliphatic carbocycles. The Labute approximate surface area is 344 Å². The lowest BCUT2D eigenvalue weighted by Crippen LogP contribution is -2.71. The minimum Gasteiger partial charge on any atom is -0.481 e. The van der Waals surface area contributed by atoms with E-state index in [1.807, 2.05) is 26.8 Å². The number of carboxylic acid groups (broad SMARTS) is 3. The Bertz CT molecular complexity index is 1780. The smallest absolute Gasteiger partial charge is 0.335 e. The Hall–Kier alpha value is -2.54. The van der Waals surface area contributed by atoms with E-state index in [-0.39, 0.29) is 28.4 Å². The highest BCUT2D eigenvalue weighted by atomic mass is 16.8. The van der Waals surface area contributed by atoms with E-state index >= 15 is 0 Å². The highest BCUT2D eigenvalue weighted by molar-refractivity contribution is 5.96. The number of hydrogen-bond donors (Lipinski definition) is 8. The molecule has 0 spiro atoms. The summed E-state index contributed by atoms with van der Waals surface area (Å²) in [5, 5.41) is 83.3. The SMILES string of the molecule is CC1(C)[C@@H](O[C@H]2OC(C(=O)O)[C@@H](O)[C@@H](O)C2O[C@@H]2OC(C(=O)O)[C@@H](O)[C@@H](O)C2O)CC[C@]2(C)[C@H]3C(=O)C=C4[C@@H]5C[C@@](C)(C(=O)O)CC[C@]5(C)CC[C@@]4(C)[C@]3(C)CC[C@@]12C. The number of allylic oxidation sites excluding steroid dienone is 2. The molecule has 4 unspecified atom stereocenters. The van der Waals surface area contributed by atoms with Crippen LogP contribution in [0.15, 0.2) is 11.6 Å². The molecule has 8 N–H and O–H groups in total. The molecule has 16 nitrogen and oxygen atoms in total. The molecule has 0 aromatic rings. The second-order valence-corrected chi connectivity index (χ2v) is 21.2. The number of fused-ring (bicyclic) bond motifs is 7. The third-order valence-electron chi connectivity index (χ3n) is 18.3. The lowest BCUT2D eigenvalue weighted by molar-refractivity contribution is -0.374. The van der Waals surface area contributed by atoms with Gasteiger partial charge in [0.15, 0.2) is 30.6 Å². The van der Waals surface area contributed by atoms with Gasteiger partial charge < -0.3 is 59.8 Å². The normalized spacial score (nSPS) is 53.1. The topological polar surface area (TPSA) is 267 Å². The number of ether oxygens (including phenoxy) is 4. The van der Waals surface area contributed by atoms with E-state index in [9.17, 15) is 60.0 Å². The Morgan fingerprint density at radius 1 is 0.661 bits per heavy atom. The Kier molecular flexibility index (Phi) is 10.7. The van der Waals surface area contributed by atoms with Crippen LogP contribution in [0.1, 0.15) is 113 Å². The van der Waals surface area contributed by atoms with Gasteiger partial charge in [-0.25, -0.2) is 9.59 Å². The van der Waals surface area contributed by atoms with Gasteiger partial charge in [-0.15, -0.1) is 0 Å². The van der Waals surface area contributed by atoms with Crippen LogP contribution in [0.5, 0.6) is 0 Å². The van der Waals surface area contributed by atoms with Gasteiger partial charge >= 0.3 is 17.9 Å². The van der Waals surface area contributed by atoms with E-state index in [2.05, 4.69) is 34.6 Å². The van der Waals surface area contributed by atoms with E-state index in [1.165, 1.54) is 0 Å². The summed E-state index contributed by atoms with van der Waals surface area (Å²) >= 11 is 0. The highest BCUT2D eigenvalue weighted by Crippen LogP contribution is 2.78. The molecule has 0 radical (unpaired) electrons. The summed E-state index contributed by atoms with van der Waals surface area (Å²) in [6.45, 7) is 17.0. The molecule has 0 bridgehead atoms. The number of carboxylic acids is 3. The highest BCUT2D eigenvalue weighted by Gasteiger charge is 2.74. The number of carbonyl (C=O) groups is 4. The van der Waals surface area contributed by atoms with Crippen LogP contribution in [-0.2, 0) is 38.1 Å². The van der Waals surface area contributed by atoms with Gasteiger partial charge in [0.05, 0.1) is 11.5 Å². The van der Waals surface area contributed by atoms with Gasteiger partial charge in [-0.1, -0.05) is 54.0 Å². The fourth-order valence-corrected chi connectivity index (χ4v) is 13.5. The van der Waals surface area contributed by atoms with Crippen molar-refractivity contribution in [2.24, 2.45) is 49.7 Å². The summed E-state index contributed by atoms with van der Waals surface area (Å²) in [7, 11) is 0. The number of ketones is 1. The minimum atomic E-state index is -2.05. The second-order valence-electron chi connectivity index (χ2n) is 21.2. The van der Waals surface area contributed by atoms with Gasteiger partial charge in [-0.05, 0) is 109 Å². The van der Waals surface area contributed by atoms with Crippen molar-refractivity contribution >= 4 is 23.7 Å². The standard InChI is InChI=1S/C43H64O16/c1-37(2)22(56-35-30(26(48)25(47)29(58-35)33(52)53)59-34-27(49)23(45)24(46)28(57-34)32(50)51)9-10-42(7)31-21(44)17-19-20-18-39(4,36(54)55)12-11-38(20,3)13-14-40(19,5)41(31,6)15-16-43(37,42)8/h17,20,22-31,34-35,45-49H,9-16,18H2,1-8H3,(H,50,51)(H,52,53)(H,54,55)/t20-,22-,23+,24-,25-,26+,27?,28?,29?,30?,31-,34-,35-,38+,39-,40+,41+,42+,43-/m0/s1. The van der Waals surface area contributed by atoms with Crippen molar-refractivity contribution in [1.82, 2.24) is 0 Å². The Morgan fingerprint density at radius 2 is 1.24 bits per heavy atom. The molecule has 7 rings (SSSR count). The summed E-state index contributed by atoms with van der Waals surface area (Å²) < 4.78 is 23.5. The van der Waals surface area contributed by atoms with Crippen LogP contribution < -0.4 is 0 Å². The van der Waals surface area contributed by atoms with Crippen LogP contribution in [0.4, 0.5) is 0 Å². The quantitative estimate of drug-likeness (QED) is 0.171. The van der Waals surface area contributed by atoms with E-state index in [4.69, 9.17) is 18.9 Å². The fourth-order valence-electron chi connectivity index (χ4n) is 13.5. The number of aliphatic hydroxyl groups is 5. The molecule has 0 amide bonds. The lowest BCUT2D eigenvalue weighted by atomic mass is 9.30. The van der Waals surface area contributed by atoms with E-state index in [0.29, 0.717) is 38.5 Å². The molecular weight excluding hydrogens is 772 g/mol. The van der Waals surface area contributed by atoms with Crippen molar-refractivity contribution in [3.05, 3.63) is 11.6 Å². The maximum absolute atomic E-state index is 15.0. The van der Waals surface area contributed by atoms with E-state index in [1.54, 1.807) is 0 Å². The van der Waals surface area contributed by atoms with Crippen LogP contribution in [0.3, 0.4) is 0 Å². The lowest BCUT2D eigenvalue weighted by Gasteiger charge is -2.74. The molecular formula is C43H64O16. The summed E-state index contributed by atoms with van der Waals surface area (Å²) in [6.07, 6.45) is -12.5. The van der Waals surface area contributed by atoms with Crippen molar-refractivity contribution in [3.63, 3.8) is 0 Å². The summed E-state index contributed by atoms with van der Waals surface area (Å²) in [5.41, 5.74) is -2.57. The van der Waals surface area contributed by atoms with Crippen LogP contribution in [0.2, 0.25) is 0 Å². The van der Waals surface area contributed by atoms with Crippen LogP contribution in [0.25, 0.3) is 0 Å². The third kappa shape index (κ3) is 6.16. The summed E-state index contributed by atoms with van der Waals surface area (Å²) in [6, 6.07) is 0. The van der Waals surface area contributed by atoms with E-state index < -0.39 is 112 Å². The zero-order valence-corrected chi connectivity index (χ0v) is 35.3. The first-order valence-corrected chi connectivity index (χ1v) is 21.1. The average Bonchev–Trinajstić information content (AvgIpc) is 3.15. The van der Waals surface area contributed by atoms with Gasteiger partial charge in [0.25, 0.3) is 0 Å². The molecule has 59 heavy (non-hydrogen) atoms. The zero-order chi connectivity index (χ0) is 43.8. The number of aliphatic carboxylic acids is 3. The fraction of sp³-hybridized carbons (Fsp3) is 0.860. The molecule has 7 aliphatic rings. The average molecular weight is 837 g/mol. The maximum atomic E-state index is 15.0. The second kappa shape index (κ2) is 14.2. The molecule has 16 heteroatoms. The van der Waals surface area contributed by atoms with Crippen LogP contribution in [-0.4, -0.2) is 132 Å². The van der Waals surface area contributed by atoms with Gasteiger partial charge in [-0.2, -0.15) is 0 Å². The van der Waals surface area contributed by atoms with Gasteiger partial charge in [0.2, 0.25) is 0 Å². The summed E-state index contributed by atoms with van der Waals surface area (Å²) in [5.74, 6) is -4.43. The van der Waals surface area contributed by atoms with E-state index in [0.717, 1.165) is 24.8 Å².